The first-order valence-electron chi connectivity index (χ1n) is 8.86. The lowest BCUT2D eigenvalue weighted by atomic mass is 10.1. The molecule has 2 aromatic carbocycles. The number of furan rings is 1. The predicted molar refractivity (Wildman–Crippen MR) is 103 cm³/mol. The minimum Gasteiger partial charge on any atom is -0.492 e. The minimum atomic E-state index is -0.274. The van der Waals surface area contributed by atoms with Crippen LogP contribution in [0.15, 0.2) is 65.1 Å². The second-order valence-electron chi connectivity index (χ2n) is 6.24. The molecule has 1 heterocycles. The molecule has 0 spiro atoms. The Kier molecular flexibility index (Phi) is 6.15. The zero-order chi connectivity index (χ0) is 19.1. The van der Waals surface area contributed by atoms with Crippen LogP contribution >= 0.6 is 0 Å². The maximum absolute atomic E-state index is 12.1. The fraction of sp³-hybridized carbons (Fsp3) is 0.227. The van der Waals surface area contributed by atoms with Crippen LogP contribution in [-0.4, -0.2) is 19.1 Å². The molecule has 5 heteroatoms. The van der Waals surface area contributed by atoms with Gasteiger partial charge in [-0.3, -0.25) is 4.79 Å². The van der Waals surface area contributed by atoms with Crippen LogP contribution in [-0.2, 0) is 6.61 Å². The molecule has 1 N–H and O–H groups in total. The SMILES string of the molecule is Cc1ccc(OCc2ccc(C(=O)NCCOc3ccccc3)o2)c(C)c1. The van der Waals surface area contributed by atoms with E-state index >= 15 is 0 Å². The molecule has 0 radical (unpaired) electrons. The Hall–Kier alpha value is -3.21. The number of carbonyl (C=O) groups excluding carboxylic acids is 1. The van der Waals surface area contributed by atoms with Crippen LogP contribution in [0.3, 0.4) is 0 Å². The van der Waals surface area contributed by atoms with Gasteiger partial charge in [-0.05, 0) is 49.7 Å². The molecule has 0 saturated carbocycles. The fourth-order valence-corrected chi connectivity index (χ4v) is 2.62. The maximum atomic E-state index is 12.1. The Morgan fingerprint density at radius 3 is 2.59 bits per heavy atom. The zero-order valence-corrected chi connectivity index (χ0v) is 15.5. The van der Waals surface area contributed by atoms with Crippen LogP contribution in [0, 0.1) is 13.8 Å². The van der Waals surface area contributed by atoms with Gasteiger partial charge in [-0.2, -0.15) is 0 Å². The number of amides is 1. The van der Waals surface area contributed by atoms with Crippen molar-refractivity contribution >= 4 is 5.91 Å². The molecular formula is C22H23NO4. The van der Waals surface area contributed by atoms with E-state index < -0.39 is 0 Å². The summed E-state index contributed by atoms with van der Waals surface area (Å²) in [5, 5.41) is 2.77. The highest BCUT2D eigenvalue weighted by atomic mass is 16.5. The summed E-state index contributed by atoms with van der Waals surface area (Å²) in [7, 11) is 0. The third-order valence-corrected chi connectivity index (χ3v) is 3.99. The Morgan fingerprint density at radius 1 is 1.00 bits per heavy atom. The van der Waals surface area contributed by atoms with Crippen LogP contribution in [0.5, 0.6) is 11.5 Å². The minimum absolute atomic E-state index is 0.258. The van der Waals surface area contributed by atoms with Gasteiger partial charge in [-0.25, -0.2) is 0 Å². The summed E-state index contributed by atoms with van der Waals surface area (Å²) in [6, 6.07) is 18.9. The monoisotopic (exact) mass is 365 g/mol. The van der Waals surface area contributed by atoms with Crippen molar-refractivity contribution in [2.75, 3.05) is 13.2 Å². The van der Waals surface area contributed by atoms with Crippen LogP contribution in [0.2, 0.25) is 0 Å². The van der Waals surface area contributed by atoms with E-state index in [0.29, 0.717) is 18.9 Å². The molecule has 0 saturated heterocycles. The quantitative estimate of drug-likeness (QED) is 0.605. The van der Waals surface area contributed by atoms with Crippen molar-refractivity contribution < 1.29 is 18.7 Å². The lowest BCUT2D eigenvalue weighted by Gasteiger charge is -2.08. The van der Waals surface area contributed by atoms with Crippen molar-refractivity contribution in [3.63, 3.8) is 0 Å². The molecule has 0 unspecified atom stereocenters. The van der Waals surface area contributed by atoms with Crippen LogP contribution in [0.1, 0.15) is 27.4 Å². The summed E-state index contributed by atoms with van der Waals surface area (Å²) >= 11 is 0. The summed E-state index contributed by atoms with van der Waals surface area (Å²) in [5.41, 5.74) is 2.26. The number of ether oxygens (including phenoxy) is 2. The van der Waals surface area contributed by atoms with E-state index in [0.717, 1.165) is 17.1 Å². The lowest BCUT2D eigenvalue weighted by molar-refractivity contribution is 0.0915. The molecule has 140 valence electrons. The van der Waals surface area contributed by atoms with E-state index in [4.69, 9.17) is 13.9 Å². The van der Waals surface area contributed by atoms with Gasteiger partial charge in [0.25, 0.3) is 5.91 Å². The summed E-state index contributed by atoms with van der Waals surface area (Å²) < 4.78 is 16.9. The number of carbonyl (C=O) groups is 1. The van der Waals surface area contributed by atoms with E-state index in [-0.39, 0.29) is 18.3 Å². The zero-order valence-electron chi connectivity index (χ0n) is 15.5. The summed E-state index contributed by atoms with van der Waals surface area (Å²) in [6.45, 7) is 5.09. The molecule has 27 heavy (non-hydrogen) atoms. The van der Waals surface area contributed by atoms with Crippen LogP contribution in [0.4, 0.5) is 0 Å². The summed E-state index contributed by atoms with van der Waals surface area (Å²) in [6.07, 6.45) is 0. The van der Waals surface area contributed by atoms with Crippen molar-refractivity contribution in [2.24, 2.45) is 0 Å². The predicted octanol–water partition coefficient (Wildman–Crippen LogP) is 4.28. The molecular weight excluding hydrogens is 342 g/mol. The van der Waals surface area contributed by atoms with Gasteiger partial charge in [-0.15, -0.1) is 0 Å². The molecule has 0 aliphatic carbocycles. The summed E-state index contributed by atoms with van der Waals surface area (Å²) in [4.78, 5) is 12.1. The van der Waals surface area contributed by atoms with Crippen molar-refractivity contribution in [1.29, 1.82) is 0 Å². The van der Waals surface area contributed by atoms with Crippen LogP contribution in [0.25, 0.3) is 0 Å². The number of para-hydroxylation sites is 1. The molecule has 1 amide bonds. The fourth-order valence-electron chi connectivity index (χ4n) is 2.62. The number of benzene rings is 2. The molecule has 0 aliphatic heterocycles. The smallest absolute Gasteiger partial charge is 0.287 e. The van der Waals surface area contributed by atoms with Gasteiger partial charge in [0.15, 0.2) is 5.76 Å². The highest BCUT2D eigenvalue weighted by molar-refractivity contribution is 5.91. The Morgan fingerprint density at radius 2 is 1.81 bits per heavy atom. The average Bonchev–Trinajstić information content (AvgIpc) is 3.14. The highest BCUT2D eigenvalue weighted by Gasteiger charge is 2.11. The van der Waals surface area contributed by atoms with E-state index in [2.05, 4.69) is 11.4 Å². The second kappa shape index (κ2) is 8.94. The molecule has 5 nitrogen and oxygen atoms in total. The van der Waals surface area contributed by atoms with Crippen molar-refractivity contribution in [2.45, 2.75) is 20.5 Å². The van der Waals surface area contributed by atoms with E-state index in [1.807, 2.05) is 56.3 Å². The number of rotatable bonds is 8. The number of aryl methyl sites for hydroxylation is 2. The molecule has 1 aromatic heterocycles. The van der Waals surface area contributed by atoms with Crippen LogP contribution < -0.4 is 14.8 Å². The molecule has 0 bridgehead atoms. The molecule has 0 fully saturated rings. The van der Waals surface area contributed by atoms with Gasteiger partial charge in [0, 0.05) is 0 Å². The third kappa shape index (κ3) is 5.38. The van der Waals surface area contributed by atoms with E-state index in [1.165, 1.54) is 5.56 Å². The summed E-state index contributed by atoms with van der Waals surface area (Å²) in [5.74, 6) is 2.16. The van der Waals surface area contributed by atoms with Crippen molar-refractivity contribution in [3.8, 4) is 11.5 Å². The molecule has 0 atom stereocenters. The second-order valence-corrected chi connectivity index (χ2v) is 6.24. The number of hydrogen-bond acceptors (Lipinski definition) is 4. The first kappa shape index (κ1) is 18.6. The van der Waals surface area contributed by atoms with E-state index in [9.17, 15) is 4.79 Å². The average molecular weight is 365 g/mol. The third-order valence-electron chi connectivity index (χ3n) is 3.99. The normalized spacial score (nSPS) is 10.4. The Balaban J connectivity index is 1.44. The van der Waals surface area contributed by atoms with Gasteiger partial charge in [-0.1, -0.05) is 35.9 Å². The van der Waals surface area contributed by atoms with Gasteiger partial charge < -0.3 is 19.2 Å². The topological polar surface area (TPSA) is 60.7 Å². The number of nitrogens with one attached hydrogen (secondary N) is 1. The number of hydrogen-bond donors (Lipinski definition) is 1. The van der Waals surface area contributed by atoms with Gasteiger partial charge in [0.1, 0.15) is 30.5 Å². The van der Waals surface area contributed by atoms with Crippen molar-refractivity contribution in [3.05, 3.63) is 83.3 Å². The Labute approximate surface area is 158 Å². The first-order chi connectivity index (χ1) is 13.1. The lowest BCUT2D eigenvalue weighted by Crippen LogP contribution is -2.27. The first-order valence-corrected chi connectivity index (χ1v) is 8.86. The molecule has 0 aliphatic rings. The highest BCUT2D eigenvalue weighted by Crippen LogP contribution is 2.20. The largest absolute Gasteiger partial charge is 0.492 e. The molecule has 3 aromatic rings. The van der Waals surface area contributed by atoms with Crippen molar-refractivity contribution in [1.82, 2.24) is 5.32 Å². The van der Waals surface area contributed by atoms with E-state index in [1.54, 1.807) is 12.1 Å². The standard InChI is InChI=1S/C22H23NO4/c1-16-8-10-20(17(2)14-16)26-15-19-9-11-21(27-19)22(24)23-12-13-25-18-6-4-3-5-7-18/h3-11,14H,12-13,15H2,1-2H3,(H,23,24). The Bertz CT molecular complexity index is 886. The van der Waals surface area contributed by atoms with Gasteiger partial charge in [0.2, 0.25) is 0 Å². The van der Waals surface area contributed by atoms with Gasteiger partial charge >= 0.3 is 0 Å². The molecule has 3 rings (SSSR count). The van der Waals surface area contributed by atoms with Gasteiger partial charge in [0.05, 0.1) is 6.54 Å². The maximum Gasteiger partial charge on any atom is 0.287 e.